The predicted molar refractivity (Wildman–Crippen MR) is 75.9 cm³/mol. The van der Waals surface area contributed by atoms with Gasteiger partial charge >= 0.3 is 0 Å². The SMILES string of the molecule is CNC(C)(C#N)CCCN1CCOC2CCCCC21. The second-order valence-electron chi connectivity index (χ2n) is 6.09. The van der Waals surface area contributed by atoms with Crippen molar-refractivity contribution in [2.45, 2.75) is 63.1 Å². The largest absolute Gasteiger partial charge is 0.375 e. The number of ether oxygens (including phenoxy) is 1. The van der Waals surface area contributed by atoms with Gasteiger partial charge in [0.15, 0.2) is 0 Å². The van der Waals surface area contributed by atoms with E-state index in [1.54, 1.807) is 0 Å². The van der Waals surface area contributed by atoms with E-state index in [-0.39, 0.29) is 5.54 Å². The molecule has 1 N–H and O–H groups in total. The van der Waals surface area contributed by atoms with E-state index in [0.29, 0.717) is 12.1 Å². The van der Waals surface area contributed by atoms with Gasteiger partial charge in [-0.15, -0.1) is 0 Å². The summed E-state index contributed by atoms with van der Waals surface area (Å²) in [5.74, 6) is 0. The summed E-state index contributed by atoms with van der Waals surface area (Å²) in [6, 6.07) is 3.00. The average molecular weight is 265 g/mol. The van der Waals surface area contributed by atoms with Crippen molar-refractivity contribution in [2.75, 3.05) is 26.7 Å². The molecule has 1 saturated carbocycles. The van der Waals surface area contributed by atoms with Gasteiger partial charge in [0.25, 0.3) is 0 Å². The molecule has 0 bridgehead atoms. The third kappa shape index (κ3) is 3.68. The van der Waals surface area contributed by atoms with Crippen molar-refractivity contribution in [1.29, 1.82) is 5.26 Å². The normalized spacial score (nSPS) is 31.2. The van der Waals surface area contributed by atoms with Gasteiger partial charge in [0.2, 0.25) is 0 Å². The number of nitriles is 1. The van der Waals surface area contributed by atoms with Crippen molar-refractivity contribution in [3.8, 4) is 6.07 Å². The minimum atomic E-state index is -0.377. The molecule has 0 aromatic heterocycles. The Morgan fingerprint density at radius 3 is 2.95 bits per heavy atom. The van der Waals surface area contributed by atoms with Crippen LogP contribution in [-0.2, 0) is 4.74 Å². The number of nitrogens with zero attached hydrogens (tertiary/aromatic N) is 2. The summed E-state index contributed by atoms with van der Waals surface area (Å²) in [6.07, 6.45) is 7.63. The van der Waals surface area contributed by atoms with Crippen LogP contribution in [0.2, 0.25) is 0 Å². The van der Waals surface area contributed by atoms with Crippen molar-refractivity contribution in [1.82, 2.24) is 10.2 Å². The fraction of sp³-hybridized carbons (Fsp3) is 0.933. The summed E-state index contributed by atoms with van der Waals surface area (Å²) in [6.45, 7) is 5.02. The Morgan fingerprint density at radius 1 is 1.42 bits per heavy atom. The van der Waals surface area contributed by atoms with E-state index >= 15 is 0 Å². The molecule has 3 atom stereocenters. The quantitative estimate of drug-likeness (QED) is 0.825. The van der Waals surface area contributed by atoms with Gasteiger partial charge in [-0.05, 0) is 46.2 Å². The summed E-state index contributed by atoms with van der Waals surface area (Å²) in [5, 5.41) is 12.3. The van der Waals surface area contributed by atoms with Crippen LogP contribution in [0.1, 0.15) is 45.4 Å². The first-order valence-corrected chi connectivity index (χ1v) is 7.64. The monoisotopic (exact) mass is 265 g/mol. The van der Waals surface area contributed by atoms with Crippen LogP contribution < -0.4 is 5.32 Å². The van der Waals surface area contributed by atoms with Gasteiger partial charge in [-0.3, -0.25) is 4.90 Å². The number of hydrogen-bond acceptors (Lipinski definition) is 4. The molecule has 2 rings (SSSR count). The number of hydrogen-bond donors (Lipinski definition) is 1. The lowest BCUT2D eigenvalue weighted by atomic mass is 9.89. The minimum absolute atomic E-state index is 0.377. The van der Waals surface area contributed by atoms with Crippen molar-refractivity contribution in [3.05, 3.63) is 0 Å². The maximum absolute atomic E-state index is 9.16. The molecule has 19 heavy (non-hydrogen) atoms. The van der Waals surface area contributed by atoms with Crippen molar-refractivity contribution >= 4 is 0 Å². The van der Waals surface area contributed by atoms with Crippen molar-refractivity contribution < 1.29 is 4.74 Å². The highest BCUT2D eigenvalue weighted by Crippen LogP contribution is 2.28. The Kier molecular flexibility index (Phi) is 5.20. The number of morpholine rings is 1. The van der Waals surface area contributed by atoms with E-state index in [9.17, 15) is 0 Å². The molecule has 1 heterocycles. The van der Waals surface area contributed by atoms with Crippen LogP contribution in [0.25, 0.3) is 0 Å². The first-order valence-electron chi connectivity index (χ1n) is 7.64. The lowest BCUT2D eigenvalue weighted by Crippen LogP contribution is -2.53. The van der Waals surface area contributed by atoms with E-state index in [2.05, 4.69) is 16.3 Å². The summed E-state index contributed by atoms with van der Waals surface area (Å²) < 4.78 is 5.90. The summed E-state index contributed by atoms with van der Waals surface area (Å²) in [7, 11) is 1.87. The van der Waals surface area contributed by atoms with Gasteiger partial charge in [0.05, 0.1) is 18.8 Å². The highest BCUT2D eigenvalue weighted by molar-refractivity contribution is 5.02. The molecule has 2 aliphatic rings. The number of fused-ring (bicyclic) bond motifs is 1. The van der Waals surface area contributed by atoms with Gasteiger partial charge in [0, 0.05) is 12.6 Å². The van der Waals surface area contributed by atoms with Crippen molar-refractivity contribution in [3.63, 3.8) is 0 Å². The molecular weight excluding hydrogens is 238 g/mol. The van der Waals surface area contributed by atoms with E-state index in [1.165, 1.54) is 25.7 Å². The molecule has 3 unspecified atom stereocenters. The average Bonchev–Trinajstić information content (AvgIpc) is 2.47. The molecule has 4 nitrogen and oxygen atoms in total. The number of nitrogens with one attached hydrogen (secondary N) is 1. The molecule has 2 fully saturated rings. The molecule has 1 aliphatic carbocycles. The zero-order valence-electron chi connectivity index (χ0n) is 12.3. The Balaban J connectivity index is 1.80. The molecular formula is C15H27N3O. The molecule has 108 valence electrons. The van der Waals surface area contributed by atoms with E-state index < -0.39 is 0 Å². The van der Waals surface area contributed by atoms with Gasteiger partial charge in [-0.25, -0.2) is 0 Å². The molecule has 0 aromatic carbocycles. The molecule has 0 aromatic rings. The molecule has 4 heteroatoms. The van der Waals surface area contributed by atoms with E-state index in [1.807, 2.05) is 14.0 Å². The second kappa shape index (κ2) is 6.69. The van der Waals surface area contributed by atoms with Gasteiger partial charge < -0.3 is 10.1 Å². The molecule has 0 amide bonds. The van der Waals surface area contributed by atoms with E-state index in [4.69, 9.17) is 10.00 Å². The standard InChI is InChI=1S/C15H27N3O/c1-15(12-16,17-2)8-5-9-18-10-11-19-14-7-4-3-6-13(14)18/h13-14,17H,3-11H2,1-2H3. The van der Waals surface area contributed by atoms with Gasteiger partial charge in [-0.2, -0.15) is 5.26 Å². The smallest absolute Gasteiger partial charge is 0.103 e. The Hall–Kier alpha value is -0.630. The zero-order valence-corrected chi connectivity index (χ0v) is 12.3. The van der Waals surface area contributed by atoms with Crippen LogP contribution in [0.4, 0.5) is 0 Å². The lowest BCUT2D eigenvalue weighted by molar-refractivity contribution is -0.0884. The first-order chi connectivity index (χ1) is 9.18. The summed E-state index contributed by atoms with van der Waals surface area (Å²) in [4.78, 5) is 2.60. The molecule has 1 aliphatic heterocycles. The third-order valence-corrected chi connectivity index (χ3v) is 4.77. The highest BCUT2D eigenvalue weighted by Gasteiger charge is 2.34. The van der Waals surface area contributed by atoms with Crippen LogP contribution in [0, 0.1) is 11.3 Å². The second-order valence-corrected chi connectivity index (χ2v) is 6.09. The lowest BCUT2D eigenvalue weighted by Gasteiger charge is -2.44. The minimum Gasteiger partial charge on any atom is -0.375 e. The zero-order chi connectivity index (χ0) is 13.7. The maximum Gasteiger partial charge on any atom is 0.103 e. The number of rotatable bonds is 5. The predicted octanol–water partition coefficient (Wildman–Crippen LogP) is 1.91. The van der Waals surface area contributed by atoms with Gasteiger partial charge in [0.1, 0.15) is 5.54 Å². The topological polar surface area (TPSA) is 48.3 Å². The molecule has 1 saturated heterocycles. The maximum atomic E-state index is 9.16. The fourth-order valence-electron chi connectivity index (χ4n) is 3.33. The molecule has 0 radical (unpaired) electrons. The highest BCUT2D eigenvalue weighted by atomic mass is 16.5. The van der Waals surface area contributed by atoms with Crippen molar-refractivity contribution in [2.24, 2.45) is 0 Å². The Bertz CT molecular complexity index is 326. The van der Waals surface area contributed by atoms with Crippen LogP contribution in [-0.4, -0.2) is 49.3 Å². The van der Waals surface area contributed by atoms with Crippen LogP contribution in [0.3, 0.4) is 0 Å². The Labute approximate surface area is 117 Å². The fourth-order valence-corrected chi connectivity index (χ4v) is 3.33. The van der Waals surface area contributed by atoms with Gasteiger partial charge in [-0.1, -0.05) is 12.8 Å². The van der Waals surface area contributed by atoms with E-state index in [0.717, 1.165) is 32.5 Å². The van der Waals surface area contributed by atoms with Crippen LogP contribution in [0.5, 0.6) is 0 Å². The van der Waals surface area contributed by atoms with Crippen LogP contribution in [0.15, 0.2) is 0 Å². The third-order valence-electron chi connectivity index (χ3n) is 4.77. The summed E-state index contributed by atoms with van der Waals surface area (Å²) >= 11 is 0. The summed E-state index contributed by atoms with van der Waals surface area (Å²) in [5.41, 5.74) is -0.377. The Morgan fingerprint density at radius 2 is 2.21 bits per heavy atom. The first kappa shape index (κ1) is 14.8. The van der Waals surface area contributed by atoms with Crippen LogP contribution >= 0.6 is 0 Å². The molecule has 0 spiro atoms.